The molecule has 0 aliphatic heterocycles. The molecule has 132 valence electrons. The van der Waals surface area contributed by atoms with E-state index in [1.54, 1.807) is 47.3 Å². The lowest BCUT2D eigenvalue weighted by Crippen LogP contribution is -2.09. The molecule has 1 N–H and O–H groups in total. The maximum absolute atomic E-state index is 12.0. The van der Waals surface area contributed by atoms with Crippen LogP contribution in [-0.4, -0.2) is 15.7 Å². The summed E-state index contributed by atoms with van der Waals surface area (Å²) in [6.07, 6.45) is 4.80. The van der Waals surface area contributed by atoms with Crippen molar-refractivity contribution in [2.24, 2.45) is 0 Å². The SMILES string of the molecule is O=C(/C=C/c1ccccc1Cl)Nc1ccn(Cc2c(Cl)cccc2Cl)n1. The van der Waals surface area contributed by atoms with E-state index in [1.165, 1.54) is 6.08 Å². The van der Waals surface area contributed by atoms with Crippen LogP contribution in [0.15, 0.2) is 60.8 Å². The van der Waals surface area contributed by atoms with Crippen molar-refractivity contribution in [2.45, 2.75) is 6.54 Å². The molecule has 3 rings (SSSR count). The molecule has 0 saturated carbocycles. The molecule has 3 aromatic rings. The average molecular weight is 407 g/mol. The van der Waals surface area contributed by atoms with Gasteiger partial charge in [0.2, 0.25) is 5.91 Å². The first-order valence-corrected chi connectivity index (χ1v) is 8.86. The number of rotatable bonds is 5. The Hall–Kier alpha value is -2.27. The highest BCUT2D eigenvalue weighted by molar-refractivity contribution is 6.36. The normalized spacial score (nSPS) is 11.0. The van der Waals surface area contributed by atoms with E-state index in [0.717, 1.165) is 11.1 Å². The molecule has 0 unspecified atom stereocenters. The molecule has 0 fully saturated rings. The molecule has 7 heteroatoms. The zero-order chi connectivity index (χ0) is 18.5. The van der Waals surface area contributed by atoms with E-state index < -0.39 is 0 Å². The first kappa shape index (κ1) is 18.5. The Morgan fingerprint density at radius 2 is 1.69 bits per heavy atom. The van der Waals surface area contributed by atoms with Crippen LogP contribution in [-0.2, 0) is 11.3 Å². The molecule has 1 aromatic heterocycles. The van der Waals surface area contributed by atoms with Crippen molar-refractivity contribution < 1.29 is 4.79 Å². The number of nitrogens with zero attached hydrogens (tertiary/aromatic N) is 2. The maximum atomic E-state index is 12.0. The second-order valence-electron chi connectivity index (χ2n) is 5.44. The van der Waals surface area contributed by atoms with E-state index in [-0.39, 0.29) is 5.91 Å². The molecule has 0 radical (unpaired) electrons. The van der Waals surface area contributed by atoms with Gasteiger partial charge in [-0.05, 0) is 29.8 Å². The van der Waals surface area contributed by atoms with Gasteiger partial charge in [-0.2, -0.15) is 5.10 Å². The van der Waals surface area contributed by atoms with Gasteiger partial charge < -0.3 is 5.32 Å². The summed E-state index contributed by atoms with van der Waals surface area (Å²) in [5.41, 5.74) is 1.54. The van der Waals surface area contributed by atoms with Gasteiger partial charge in [0.25, 0.3) is 0 Å². The highest BCUT2D eigenvalue weighted by Crippen LogP contribution is 2.25. The summed E-state index contributed by atoms with van der Waals surface area (Å²) in [6, 6.07) is 14.3. The summed E-state index contributed by atoms with van der Waals surface area (Å²) in [5.74, 6) is 0.132. The monoisotopic (exact) mass is 405 g/mol. The summed E-state index contributed by atoms with van der Waals surface area (Å²) >= 11 is 18.4. The van der Waals surface area contributed by atoms with Gasteiger partial charge in [0.1, 0.15) is 0 Å². The number of hydrogen-bond donors (Lipinski definition) is 1. The van der Waals surface area contributed by atoms with Gasteiger partial charge in [0.05, 0.1) is 6.54 Å². The van der Waals surface area contributed by atoms with Crippen LogP contribution >= 0.6 is 34.8 Å². The Labute approximate surface area is 166 Å². The summed E-state index contributed by atoms with van der Waals surface area (Å²) in [6.45, 7) is 0.407. The number of carbonyl (C=O) groups is 1. The molecule has 2 aromatic carbocycles. The summed E-state index contributed by atoms with van der Waals surface area (Å²) in [7, 11) is 0. The molecule has 4 nitrogen and oxygen atoms in total. The van der Waals surface area contributed by atoms with Crippen molar-refractivity contribution in [1.29, 1.82) is 0 Å². The van der Waals surface area contributed by atoms with Gasteiger partial charge in [-0.3, -0.25) is 9.48 Å². The number of halogens is 3. The van der Waals surface area contributed by atoms with E-state index in [1.807, 2.05) is 18.2 Å². The van der Waals surface area contributed by atoms with Crippen molar-refractivity contribution >= 4 is 52.6 Å². The minimum Gasteiger partial charge on any atom is -0.306 e. The van der Waals surface area contributed by atoms with Crippen LogP contribution in [0.4, 0.5) is 5.82 Å². The van der Waals surface area contributed by atoms with Crippen molar-refractivity contribution in [2.75, 3.05) is 5.32 Å². The second-order valence-corrected chi connectivity index (χ2v) is 6.66. The third-order valence-corrected chi connectivity index (χ3v) is 4.65. The Bertz CT molecular complexity index is 946. The molecule has 26 heavy (non-hydrogen) atoms. The Kier molecular flexibility index (Phi) is 5.99. The lowest BCUT2D eigenvalue weighted by molar-refractivity contribution is -0.111. The molecule has 0 saturated heterocycles. The largest absolute Gasteiger partial charge is 0.306 e. The first-order valence-electron chi connectivity index (χ1n) is 7.73. The standard InChI is InChI=1S/C19H14Cl3N3O/c20-15-5-2-1-4-13(15)8-9-19(26)23-18-10-11-25(24-18)12-14-16(21)6-3-7-17(14)22/h1-11H,12H2,(H,23,24,26)/b9-8+. The van der Waals surface area contributed by atoms with Gasteiger partial charge in [-0.25, -0.2) is 0 Å². The van der Waals surface area contributed by atoms with Gasteiger partial charge >= 0.3 is 0 Å². The van der Waals surface area contributed by atoms with E-state index >= 15 is 0 Å². The van der Waals surface area contributed by atoms with E-state index in [2.05, 4.69) is 10.4 Å². The number of amides is 1. The number of carbonyl (C=O) groups excluding carboxylic acids is 1. The lowest BCUT2D eigenvalue weighted by Gasteiger charge is -2.06. The molecule has 0 spiro atoms. The summed E-state index contributed by atoms with van der Waals surface area (Å²) in [4.78, 5) is 12.0. The Morgan fingerprint density at radius 3 is 2.42 bits per heavy atom. The smallest absolute Gasteiger partial charge is 0.249 e. The van der Waals surface area contributed by atoms with Gasteiger partial charge in [-0.1, -0.05) is 59.1 Å². The van der Waals surface area contributed by atoms with E-state index in [9.17, 15) is 4.79 Å². The molecule has 0 bridgehead atoms. The highest BCUT2D eigenvalue weighted by atomic mass is 35.5. The third-order valence-electron chi connectivity index (χ3n) is 3.59. The topological polar surface area (TPSA) is 46.9 Å². The van der Waals surface area contributed by atoms with Crippen LogP contribution in [0, 0.1) is 0 Å². The quantitative estimate of drug-likeness (QED) is 0.565. The van der Waals surface area contributed by atoms with Crippen molar-refractivity contribution in [3.8, 4) is 0 Å². The van der Waals surface area contributed by atoms with Crippen LogP contribution in [0.25, 0.3) is 6.08 Å². The van der Waals surface area contributed by atoms with E-state index in [4.69, 9.17) is 34.8 Å². The molecule has 1 heterocycles. The fourth-order valence-corrected chi connectivity index (χ4v) is 3.02. The predicted octanol–water partition coefficient (Wildman–Crippen LogP) is 5.54. The number of anilines is 1. The first-order chi connectivity index (χ1) is 12.5. The van der Waals surface area contributed by atoms with Crippen LogP contribution in [0.2, 0.25) is 15.1 Å². The number of aromatic nitrogens is 2. The molecular formula is C19H14Cl3N3O. The van der Waals surface area contributed by atoms with Crippen molar-refractivity contribution in [1.82, 2.24) is 9.78 Å². The van der Waals surface area contributed by atoms with Crippen LogP contribution in [0.5, 0.6) is 0 Å². The summed E-state index contributed by atoms with van der Waals surface area (Å²) < 4.78 is 1.65. The zero-order valence-corrected chi connectivity index (χ0v) is 15.8. The summed E-state index contributed by atoms with van der Waals surface area (Å²) in [5, 5.41) is 8.73. The van der Waals surface area contributed by atoms with Gasteiger partial charge in [0.15, 0.2) is 5.82 Å². The number of nitrogens with one attached hydrogen (secondary N) is 1. The van der Waals surface area contributed by atoms with E-state index in [0.29, 0.717) is 27.4 Å². The molecule has 1 amide bonds. The molecule has 0 aliphatic rings. The Balaban J connectivity index is 1.65. The molecule has 0 atom stereocenters. The van der Waals surface area contributed by atoms with Gasteiger partial charge in [-0.15, -0.1) is 0 Å². The average Bonchev–Trinajstić information content (AvgIpc) is 3.04. The van der Waals surface area contributed by atoms with Crippen LogP contribution in [0.1, 0.15) is 11.1 Å². The maximum Gasteiger partial charge on any atom is 0.249 e. The lowest BCUT2D eigenvalue weighted by atomic mass is 10.2. The molecule has 0 aliphatic carbocycles. The third kappa shape index (κ3) is 4.67. The van der Waals surface area contributed by atoms with Crippen molar-refractivity contribution in [3.05, 3.63) is 87.0 Å². The fraction of sp³-hybridized carbons (Fsp3) is 0.0526. The number of benzene rings is 2. The predicted molar refractivity (Wildman–Crippen MR) is 107 cm³/mol. The Morgan fingerprint density at radius 1 is 1.00 bits per heavy atom. The molecular weight excluding hydrogens is 393 g/mol. The minimum absolute atomic E-state index is 0.300. The fourth-order valence-electron chi connectivity index (χ4n) is 2.31. The highest BCUT2D eigenvalue weighted by Gasteiger charge is 2.08. The second kappa shape index (κ2) is 8.41. The van der Waals surface area contributed by atoms with Crippen LogP contribution in [0.3, 0.4) is 0 Å². The van der Waals surface area contributed by atoms with Crippen molar-refractivity contribution in [3.63, 3.8) is 0 Å². The van der Waals surface area contributed by atoms with Gasteiger partial charge in [0, 0.05) is 39.0 Å². The zero-order valence-electron chi connectivity index (χ0n) is 13.5. The number of hydrogen-bond acceptors (Lipinski definition) is 2. The minimum atomic E-state index is -0.300. The van der Waals surface area contributed by atoms with Crippen LogP contribution < -0.4 is 5.32 Å².